The first-order chi connectivity index (χ1) is 19.8. The summed E-state index contributed by atoms with van der Waals surface area (Å²) in [5.41, 5.74) is 1.83. The van der Waals surface area contributed by atoms with Gasteiger partial charge in [-0.2, -0.15) is 9.36 Å². The molecular weight excluding hydrogens is 642 g/mol. The van der Waals surface area contributed by atoms with Crippen LogP contribution in [-0.4, -0.2) is 38.1 Å². The molecule has 1 atom stereocenters. The highest BCUT2D eigenvalue weighted by Gasteiger charge is 2.18. The summed E-state index contributed by atoms with van der Waals surface area (Å²) < 4.78 is 5.12. The summed E-state index contributed by atoms with van der Waals surface area (Å²) in [6, 6.07) is 23.2. The normalized spacial score (nSPS) is 11.9. The molecule has 0 aliphatic carbocycles. The van der Waals surface area contributed by atoms with E-state index in [1.165, 1.54) is 23.5 Å². The Labute approximate surface area is 259 Å². The molecule has 0 bridgehead atoms. The van der Waals surface area contributed by atoms with Crippen molar-refractivity contribution in [2.24, 2.45) is 0 Å². The van der Waals surface area contributed by atoms with Gasteiger partial charge in [-0.1, -0.05) is 64.9 Å². The zero-order chi connectivity index (χ0) is 29.2. The number of hydrogen-bond acceptors (Lipinski definition) is 8. The van der Waals surface area contributed by atoms with Gasteiger partial charge in [0.25, 0.3) is 11.8 Å². The molecule has 1 aromatic heterocycles. The van der Waals surface area contributed by atoms with Crippen LogP contribution in [0.1, 0.15) is 29.8 Å². The second kappa shape index (κ2) is 15.0. The van der Waals surface area contributed by atoms with Gasteiger partial charge in [-0.25, -0.2) is 0 Å². The van der Waals surface area contributed by atoms with Crippen LogP contribution in [0.4, 0.5) is 10.8 Å². The van der Waals surface area contributed by atoms with Gasteiger partial charge in [0.1, 0.15) is 5.70 Å². The van der Waals surface area contributed by atoms with Crippen LogP contribution in [0.5, 0.6) is 0 Å². The maximum Gasteiger partial charge on any atom is 0.272 e. The molecule has 4 rings (SSSR count). The lowest BCUT2D eigenvalue weighted by Gasteiger charge is -2.13. The van der Waals surface area contributed by atoms with E-state index in [9.17, 15) is 14.4 Å². The van der Waals surface area contributed by atoms with E-state index in [0.717, 1.165) is 32.2 Å². The maximum atomic E-state index is 13.2. The van der Waals surface area contributed by atoms with Crippen LogP contribution < -0.4 is 16.0 Å². The molecular formula is C29H26BrN5O3S3. The standard InChI is InChI=1S/C29H26BrN5O3S3/c1-3-39-29-34-28(41-35-29)33-25(36)18(2)40-23-15-13-22(14-16-23)31-27(38)24(17-19-9-11-21(30)12-10-19)32-26(37)20-7-5-4-6-8-20/h4-18H,3H2,1-2H3,(H,31,38)(H,32,37)(H,33,34,35,36)/b24-17-. The summed E-state index contributed by atoms with van der Waals surface area (Å²) in [5.74, 6) is -0.175. The molecule has 0 aliphatic heterocycles. The van der Waals surface area contributed by atoms with Gasteiger partial charge >= 0.3 is 0 Å². The van der Waals surface area contributed by atoms with Gasteiger partial charge in [-0.3, -0.25) is 19.7 Å². The van der Waals surface area contributed by atoms with Crippen molar-refractivity contribution in [3.63, 3.8) is 0 Å². The molecule has 0 spiro atoms. The van der Waals surface area contributed by atoms with Crippen molar-refractivity contribution >= 4 is 85.6 Å². The largest absolute Gasteiger partial charge is 0.321 e. The Morgan fingerprint density at radius 3 is 2.37 bits per heavy atom. The number of aromatic nitrogens is 2. The molecule has 3 amide bonds. The molecule has 0 fully saturated rings. The molecule has 0 saturated heterocycles. The maximum absolute atomic E-state index is 13.2. The van der Waals surface area contributed by atoms with Crippen LogP contribution >= 0.6 is 51.0 Å². The van der Waals surface area contributed by atoms with Crippen molar-refractivity contribution in [3.05, 3.63) is 100 Å². The molecule has 41 heavy (non-hydrogen) atoms. The quantitative estimate of drug-likeness (QED) is 0.117. The summed E-state index contributed by atoms with van der Waals surface area (Å²) in [6.07, 6.45) is 1.62. The van der Waals surface area contributed by atoms with Crippen LogP contribution in [0.15, 0.2) is 99.1 Å². The van der Waals surface area contributed by atoms with Gasteiger partial charge < -0.3 is 10.6 Å². The highest BCUT2D eigenvalue weighted by Crippen LogP contribution is 2.27. The van der Waals surface area contributed by atoms with Crippen LogP contribution in [0.2, 0.25) is 0 Å². The number of rotatable bonds is 11. The molecule has 1 heterocycles. The molecule has 3 N–H and O–H groups in total. The monoisotopic (exact) mass is 667 g/mol. The van der Waals surface area contributed by atoms with Gasteiger partial charge in [0, 0.05) is 32.2 Å². The number of halogens is 1. The molecule has 4 aromatic rings. The third-order valence-electron chi connectivity index (χ3n) is 5.42. The van der Waals surface area contributed by atoms with Gasteiger partial charge in [0.2, 0.25) is 16.2 Å². The summed E-state index contributed by atoms with van der Waals surface area (Å²) in [5, 5.41) is 9.14. The average molecular weight is 669 g/mol. The number of anilines is 2. The molecule has 210 valence electrons. The first-order valence-electron chi connectivity index (χ1n) is 12.5. The third-order valence-corrected chi connectivity index (χ3v) is 8.53. The van der Waals surface area contributed by atoms with E-state index in [1.807, 2.05) is 56.3 Å². The van der Waals surface area contributed by atoms with Crippen LogP contribution in [0.25, 0.3) is 6.08 Å². The summed E-state index contributed by atoms with van der Waals surface area (Å²) in [6.45, 7) is 3.83. The predicted octanol–water partition coefficient (Wildman–Crippen LogP) is 6.94. The minimum Gasteiger partial charge on any atom is -0.321 e. The number of hydrogen-bond donors (Lipinski definition) is 3. The molecule has 1 unspecified atom stereocenters. The molecule has 0 aliphatic rings. The molecule has 0 saturated carbocycles. The summed E-state index contributed by atoms with van der Waals surface area (Å²) in [7, 11) is 0. The Balaban J connectivity index is 1.40. The van der Waals surface area contributed by atoms with E-state index in [2.05, 4.69) is 41.2 Å². The fourth-order valence-electron chi connectivity index (χ4n) is 3.40. The van der Waals surface area contributed by atoms with Crippen molar-refractivity contribution in [2.45, 2.75) is 29.1 Å². The number of nitrogens with zero attached hydrogens (tertiary/aromatic N) is 2. The van der Waals surface area contributed by atoms with Crippen molar-refractivity contribution < 1.29 is 14.4 Å². The van der Waals surface area contributed by atoms with E-state index < -0.39 is 11.8 Å². The Morgan fingerprint density at radius 1 is 0.976 bits per heavy atom. The smallest absolute Gasteiger partial charge is 0.272 e. The number of carbonyl (C=O) groups is 3. The molecule has 0 radical (unpaired) electrons. The van der Waals surface area contributed by atoms with Crippen molar-refractivity contribution in [1.29, 1.82) is 0 Å². The number of benzene rings is 3. The lowest BCUT2D eigenvalue weighted by atomic mass is 10.1. The van der Waals surface area contributed by atoms with Gasteiger partial charge in [0.15, 0.2) is 0 Å². The van der Waals surface area contributed by atoms with Gasteiger partial charge in [0.05, 0.1) is 5.25 Å². The zero-order valence-electron chi connectivity index (χ0n) is 22.1. The fourth-order valence-corrected chi connectivity index (χ4v) is 5.80. The summed E-state index contributed by atoms with van der Waals surface area (Å²) in [4.78, 5) is 43.9. The first-order valence-corrected chi connectivity index (χ1v) is 15.9. The van der Waals surface area contributed by atoms with Crippen molar-refractivity contribution in [1.82, 2.24) is 14.7 Å². The van der Waals surface area contributed by atoms with Gasteiger partial charge in [-0.15, -0.1) is 11.8 Å². The lowest BCUT2D eigenvalue weighted by Crippen LogP contribution is -2.30. The Bertz CT molecular complexity index is 1530. The van der Waals surface area contributed by atoms with E-state index in [4.69, 9.17) is 0 Å². The molecule has 3 aromatic carbocycles. The van der Waals surface area contributed by atoms with Crippen molar-refractivity contribution in [2.75, 3.05) is 16.4 Å². The van der Waals surface area contributed by atoms with E-state index in [-0.39, 0.29) is 16.9 Å². The van der Waals surface area contributed by atoms with Crippen molar-refractivity contribution in [3.8, 4) is 0 Å². The van der Waals surface area contributed by atoms with Gasteiger partial charge in [-0.05, 0) is 72.8 Å². The Morgan fingerprint density at radius 2 is 1.68 bits per heavy atom. The Hall–Kier alpha value is -3.45. The highest BCUT2D eigenvalue weighted by atomic mass is 79.9. The topological polar surface area (TPSA) is 113 Å². The SMILES string of the molecule is CCSc1nsc(NC(=O)C(C)Sc2ccc(NC(=O)/C(=C/c3ccc(Br)cc3)NC(=O)c3ccccc3)cc2)n1. The summed E-state index contributed by atoms with van der Waals surface area (Å²) >= 11 is 7.47. The second-order valence-corrected chi connectivity index (χ2v) is 12.8. The second-order valence-electron chi connectivity index (χ2n) is 8.47. The lowest BCUT2D eigenvalue weighted by molar-refractivity contribution is -0.115. The molecule has 8 nitrogen and oxygen atoms in total. The van der Waals surface area contributed by atoms with E-state index in [1.54, 1.807) is 42.5 Å². The number of amides is 3. The third kappa shape index (κ3) is 9.28. The minimum absolute atomic E-state index is 0.0992. The van der Waals surface area contributed by atoms with E-state index in [0.29, 0.717) is 21.5 Å². The number of carbonyl (C=O) groups excluding carboxylic acids is 3. The van der Waals surface area contributed by atoms with Crippen LogP contribution in [-0.2, 0) is 9.59 Å². The number of nitrogens with one attached hydrogen (secondary N) is 3. The highest BCUT2D eigenvalue weighted by molar-refractivity contribution is 9.10. The van der Waals surface area contributed by atoms with Crippen LogP contribution in [0, 0.1) is 0 Å². The Kier molecular flexibility index (Phi) is 11.1. The fraction of sp³-hybridized carbons (Fsp3) is 0.138. The van der Waals surface area contributed by atoms with Crippen LogP contribution in [0.3, 0.4) is 0 Å². The number of thioether (sulfide) groups is 2. The zero-order valence-corrected chi connectivity index (χ0v) is 26.1. The minimum atomic E-state index is -0.469. The van der Waals surface area contributed by atoms with E-state index >= 15 is 0 Å². The first kappa shape index (κ1) is 30.5. The predicted molar refractivity (Wildman–Crippen MR) is 171 cm³/mol. The average Bonchev–Trinajstić information content (AvgIpc) is 3.42. The molecule has 12 heteroatoms.